The molecule has 0 spiro atoms. The zero-order valence-electron chi connectivity index (χ0n) is 16.2. The number of hydrogen-bond donors (Lipinski definition) is 3. The molecule has 7 heteroatoms. The van der Waals surface area contributed by atoms with Crippen molar-refractivity contribution in [1.29, 1.82) is 0 Å². The average Bonchev–Trinajstić information content (AvgIpc) is 2.60. The highest BCUT2D eigenvalue weighted by Gasteiger charge is 2.17. The molecular formula is C20H25N3O4. The lowest BCUT2D eigenvalue weighted by molar-refractivity contribution is 0.102. The van der Waals surface area contributed by atoms with Crippen LogP contribution in [0.2, 0.25) is 0 Å². The number of anilines is 2. The zero-order chi connectivity index (χ0) is 20.0. The van der Waals surface area contributed by atoms with Crippen molar-refractivity contribution in [3.05, 3.63) is 48.0 Å². The van der Waals surface area contributed by atoms with Gasteiger partial charge < -0.3 is 25.4 Å². The first-order valence-electron chi connectivity index (χ1n) is 8.45. The van der Waals surface area contributed by atoms with Crippen LogP contribution >= 0.6 is 0 Å². The Labute approximate surface area is 159 Å². The maximum atomic E-state index is 12.7. The number of ether oxygens (including phenoxy) is 2. The van der Waals surface area contributed by atoms with Crippen molar-refractivity contribution in [2.45, 2.75) is 26.3 Å². The third-order valence-electron chi connectivity index (χ3n) is 3.55. The van der Waals surface area contributed by atoms with Gasteiger partial charge in [-0.2, -0.15) is 0 Å². The van der Waals surface area contributed by atoms with Gasteiger partial charge in [-0.1, -0.05) is 12.1 Å². The Morgan fingerprint density at radius 1 is 0.889 bits per heavy atom. The van der Waals surface area contributed by atoms with Crippen LogP contribution in [0.1, 0.15) is 31.1 Å². The van der Waals surface area contributed by atoms with E-state index in [-0.39, 0.29) is 17.5 Å². The lowest BCUT2D eigenvalue weighted by atomic mass is 10.1. The third-order valence-corrected chi connectivity index (χ3v) is 3.55. The summed E-state index contributed by atoms with van der Waals surface area (Å²) in [5.41, 5.74) is 0.918. The van der Waals surface area contributed by atoms with E-state index in [9.17, 15) is 9.59 Å². The van der Waals surface area contributed by atoms with E-state index in [1.807, 2.05) is 20.8 Å². The van der Waals surface area contributed by atoms with Gasteiger partial charge in [-0.3, -0.25) is 4.79 Å². The molecule has 2 aromatic rings. The van der Waals surface area contributed by atoms with Gasteiger partial charge in [0.05, 0.1) is 25.5 Å². The van der Waals surface area contributed by atoms with Gasteiger partial charge in [0.25, 0.3) is 5.91 Å². The number of amides is 3. The van der Waals surface area contributed by atoms with Gasteiger partial charge in [0, 0.05) is 17.3 Å². The highest BCUT2D eigenvalue weighted by molar-refractivity contribution is 6.10. The molecule has 3 N–H and O–H groups in total. The largest absolute Gasteiger partial charge is 0.493 e. The molecule has 7 nitrogen and oxygen atoms in total. The second-order valence-corrected chi connectivity index (χ2v) is 6.90. The molecule has 3 amide bonds. The maximum absolute atomic E-state index is 12.7. The molecule has 0 aromatic heterocycles. The molecule has 2 aromatic carbocycles. The molecule has 0 aliphatic rings. The second kappa shape index (κ2) is 8.44. The molecule has 27 heavy (non-hydrogen) atoms. The Morgan fingerprint density at radius 3 is 2.19 bits per heavy atom. The van der Waals surface area contributed by atoms with Crippen LogP contribution in [0, 0.1) is 0 Å². The van der Waals surface area contributed by atoms with Gasteiger partial charge in [-0.05, 0) is 45.0 Å². The fourth-order valence-corrected chi connectivity index (χ4v) is 2.40. The molecule has 0 aliphatic carbocycles. The second-order valence-electron chi connectivity index (χ2n) is 6.90. The van der Waals surface area contributed by atoms with E-state index in [0.29, 0.717) is 28.4 Å². The molecule has 0 bridgehead atoms. The predicted molar refractivity (Wildman–Crippen MR) is 106 cm³/mol. The lowest BCUT2D eigenvalue weighted by Gasteiger charge is -2.21. The molecule has 0 saturated carbocycles. The Morgan fingerprint density at radius 2 is 1.56 bits per heavy atom. The minimum absolute atomic E-state index is 0.344. The number of carbonyl (C=O) groups is 2. The molecular weight excluding hydrogens is 346 g/mol. The first-order chi connectivity index (χ1) is 12.7. The zero-order valence-corrected chi connectivity index (χ0v) is 16.2. The fraction of sp³-hybridized carbons (Fsp3) is 0.300. The van der Waals surface area contributed by atoms with Crippen LogP contribution in [0.5, 0.6) is 11.5 Å². The topological polar surface area (TPSA) is 88.7 Å². The first kappa shape index (κ1) is 20.1. The molecule has 0 heterocycles. The number of rotatable bonds is 5. The number of benzene rings is 2. The van der Waals surface area contributed by atoms with Gasteiger partial charge in [-0.15, -0.1) is 0 Å². The molecule has 144 valence electrons. The highest BCUT2D eigenvalue weighted by atomic mass is 16.5. The summed E-state index contributed by atoms with van der Waals surface area (Å²) in [6.45, 7) is 5.63. The van der Waals surface area contributed by atoms with E-state index < -0.39 is 0 Å². The normalized spacial score (nSPS) is 10.7. The fourth-order valence-electron chi connectivity index (χ4n) is 2.40. The van der Waals surface area contributed by atoms with Crippen LogP contribution < -0.4 is 25.4 Å². The predicted octanol–water partition coefficient (Wildman–Crippen LogP) is 3.88. The van der Waals surface area contributed by atoms with Gasteiger partial charge in [0.15, 0.2) is 11.5 Å². The number of para-hydroxylation sites is 1. The Hall–Kier alpha value is -3.22. The van der Waals surface area contributed by atoms with E-state index >= 15 is 0 Å². The van der Waals surface area contributed by atoms with Gasteiger partial charge >= 0.3 is 6.03 Å². The molecule has 0 unspecified atom stereocenters. The van der Waals surface area contributed by atoms with Crippen LogP contribution in [-0.4, -0.2) is 31.7 Å². The van der Waals surface area contributed by atoms with Crippen molar-refractivity contribution in [1.82, 2.24) is 5.32 Å². The minimum atomic E-state index is -0.388. The summed E-state index contributed by atoms with van der Waals surface area (Å²) in [5.74, 6) is 0.719. The highest BCUT2D eigenvalue weighted by Crippen LogP contribution is 2.30. The lowest BCUT2D eigenvalue weighted by Crippen LogP contribution is -2.43. The van der Waals surface area contributed by atoms with E-state index in [4.69, 9.17) is 9.47 Å². The molecule has 0 aliphatic heterocycles. The van der Waals surface area contributed by atoms with E-state index in [2.05, 4.69) is 16.0 Å². The van der Waals surface area contributed by atoms with Gasteiger partial charge in [-0.25, -0.2) is 4.79 Å². The van der Waals surface area contributed by atoms with Crippen LogP contribution in [0.15, 0.2) is 42.5 Å². The van der Waals surface area contributed by atoms with Crippen molar-refractivity contribution in [3.63, 3.8) is 0 Å². The van der Waals surface area contributed by atoms with Crippen molar-refractivity contribution in [3.8, 4) is 11.5 Å². The van der Waals surface area contributed by atoms with Crippen LogP contribution in [0.25, 0.3) is 0 Å². The van der Waals surface area contributed by atoms with E-state index in [0.717, 1.165) is 0 Å². The monoisotopic (exact) mass is 371 g/mol. The van der Waals surface area contributed by atoms with Crippen molar-refractivity contribution in [2.24, 2.45) is 0 Å². The number of urea groups is 1. The summed E-state index contributed by atoms with van der Waals surface area (Å²) in [6.07, 6.45) is 0. The molecule has 0 radical (unpaired) electrons. The number of methoxy groups -OCH3 is 2. The minimum Gasteiger partial charge on any atom is -0.493 e. The maximum Gasteiger partial charge on any atom is 0.319 e. The number of nitrogens with one attached hydrogen (secondary N) is 3. The quantitative estimate of drug-likeness (QED) is 0.744. The van der Waals surface area contributed by atoms with Gasteiger partial charge in [0.1, 0.15) is 0 Å². The van der Waals surface area contributed by atoms with Crippen LogP contribution in [-0.2, 0) is 0 Å². The number of hydrogen-bond acceptors (Lipinski definition) is 4. The van der Waals surface area contributed by atoms with Crippen molar-refractivity contribution >= 4 is 23.3 Å². The van der Waals surface area contributed by atoms with E-state index in [1.54, 1.807) is 49.6 Å². The van der Waals surface area contributed by atoms with Crippen molar-refractivity contribution < 1.29 is 19.1 Å². The van der Waals surface area contributed by atoms with E-state index in [1.165, 1.54) is 7.11 Å². The smallest absolute Gasteiger partial charge is 0.319 e. The molecule has 0 saturated heterocycles. The molecule has 0 atom stereocenters. The Bertz CT molecular complexity index is 828. The Balaban J connectivity index is 2.19. The summed E-state index contributed by atoms with van der Waals surface area (Å²) < 4.78 is 10.4. The van der Waals surface area contributed by atoms with Crippen LogP contribution in [0.4, 0.5) is 16.2 Å². The standard InChI is InChI=1S/C20H25N3O4/c1-20(2,3)23-19(25)22-15-9-7-6-8-14(15)18(24)21-13-10-11-16(26-4)17(12-13)27-5/h6-12H,1-5H3,(H,21,24)(H2,22,23,25). The summed E-state index contributed by atoms with van der Waals surface area (Å²) in [6, 6.07) is 11.5. The average molecular weight is 371 g/mol. The number of carbonyl (C=O) groups excluding carboxylic acids is 2. The summed E-state index contributed by atoms with van der Waals surface area (Å²) >= 11 is 0. The summed E-state index contributed by atoms with van der Waals surface area (Å²) in [4.78, 5) is 24.8. The SMILES string of the molecule is COc1ccc(NC(=O)c2ccccc2NC(=O)NC(C)(C)C)cc1OC. The van der Waals surface area contributed by atoms with Crippen molar-refractivity contribution in [2.75, 3.05) is 24.9 Å². The third kappa shape index (κ3) is 5.64. The Kier molecular flexibility index (Phi) is 6.28. The van der Waals surface area contributed by atoms with Gasteiger partial charge in [0.2, 0.25) is 0 Å². The first-order valence-corrected chi connectivity index (χ1v) is 8.45. The molecule has 2 rings (SSSR count). The summed E-state index contributed by atoms with van der Waals surface area (Å²) in [7, 11) is 3.07. The molecule has 0 fully saturated rings. The van der Waals surface area contributed by atoms with Crippen LogP contribution in [0.3, 0.4) is 0 Å². The summed E-state index contributed by atoms with van der Waals surface area (Å²) in [5, 5.41) is 8.32.